The monoisotopic (exact) mass is 1160 g/mol. The summed E-state index contributed by atoms with van der Waals surface area (Å²) in [4.78, 5) is 16.0. The maximum absolute atomic E-state index is 5.37. The van der Waals surface area contributed by atoms with E-state index in [2.05, 4.69) is 223 Å². The molecule has 11 aromatic rings. The van der Waals surface area contributed by atoms with E-state index >= 15 is 0 Å². The van der Waals surface area contributed by atoms with Gasteiger partial charge in [-0.15, -0.1) is 52.6 Å². The fourth-order valence-electron chi connectivity index (χ4n) is 9.77. The maximum atomic E-state index is 5.37. The summed E-state index contributed by atoms with van der Waals surface area (Å²) in [5, 5.41) is 8.87. The normalized spacial score (nSPS) is 11.8. The zero-order chi connectivity index (χ0) is 48.8. The Morgan fingerprint density at radius 3 is 1.99 bits per heavy atom. The van der Waals surface area contributed by atoms with Gasteiger partial charge in [0.15, 0.2) is 0 Å². The molecule has 6 aromatic carbocycles. The van der Waals surface area contributed by atoms with E-state index in [0.717, 1.165) is 50.6 Å². The summed E-state index contributed by atoms with van der Waals surface area (Å²) < 4.78 is 4.90. The number of pyridine rings is 2. The van der Waals surface area contributed by atoms with E-state index in [1.165, 1.54) is 75.4 Å². The van der Waals surface area contributed by atoms with Gasteiger partial charge in [0.25, 0.3) is 0 Å². The van der Waals surface area contributed by atoms with Gasteiger partial charge in [0, 0.05) is 53.2 Å². The molecule has 0 spiro atoms. The molecule has 0 aliphatic heterocycles. The first-order valence-corrected chi connectivity index (χ1v) is 29.8. The number of rotatable bonds is 10. The summed E-state index contributed by atoms with van der Waals surface area (Å²) in [5.74, 6) is 2.21. The molecule has 5 heterocycles. The van der Waals surface area contributed by atoms with Crippen LogP contribution < -0.4 is 5.19 Å². The first-order chi connectivity index (χ1) is 33.7. The average molecular weight is 1160 g/mol. The number of fused-ring (bicyclic) bond motifs is 5. The van der Waals surface area contributed by atoms with Gasteiger partial charge < -0.3 is 9.55 Å². The van der Waals surface area contributed by atoms with Crippen LogP contribution in [0.25, 0.3) is 92.0 Å². The molecule has 0 saturated heterocycles. The number of benzene rings is 6. The van der Waals surface area contributed by atoms with Crippen LogP contribution in [0.1, 0.15) is 75.8 Å². The summed E-state index contributed by atoms with van der Waals surface area (Å²) in [6.45, 7) is 23.0. The molecule has 0 atom stereocenters. The van der Waals surface area contributed by atoms with Crippen molar-refractivity contribution in [3.63, 3.8) is 0 Å². The number of aromatic nitrogens is 4. The van der Waals surface area contributed by atoms with Crippen LogP contribution in [-0.4, -0.2) is 27.6 Å². The van der Waals surface area contributed by atoms with Gasteiger partial charge in [-0.1, -0.05) is 155 Å². The van der Waals surface area contributed by atoms with Crippen molar-refractivity contribution in [3.05, 3.63) is 186 Å². The minimum absolute atomic E-state index is 0. The summed E-state index contributed by atoms with van der Waals surface area (Å²) in [7, 11) is -1.34. The minimum Gasteiger partial charge on any atom is -0.333 e. The molecular weight excluding hydrogens is 1100 g/mol. The van der Waals surface area contributed by atoms with Crippen molar-refractivity contribution in [1.29, 1.82) is 0 Å². The van der Waals surface area contributed by atoms with Crippen molar-refractivity contribution in [2.45, 2.75) is 86.4 Å². The minimum atomic E-state index is -1.34. The Hall–Kier alpha value is -5.86. The Kier molecular flexibility index (Phi) is 14.6. The van der Waals surface area contributed by atoms with Gasteiger partial charge in [-0.2, -0.15) is 0 Å². The number of hydrogen-bond acceptors (Lipinski definition) is 5. The van der Waals surface area contributed by atoms with E-state index < -0.39 is 8.07 Å². The molecule has 0 aliphatic carbocycles. The van der Waals surface area contributed by atoms with Crippen molar-refractivity contribution < 1.29 is 20.1 Å². The van der Waals surface area contributed by atoms with Gasteiger partial charge in [0.05, 0.1) is 24.9 Å². The van der Waals surface area contributed by atoms with Gasteiger partial charge in [0.2, 0.25) is 0 Å². The van der Waals surface area contributed by atoms with Crippen molar-refractivity contribution in [2.75, 3.05) is 0 Å². The zero-order valence-electron chi connectivity index (χ0n) is 42.3. The molecule has 8 heteroatoms. The third kappa shape index (κ3) is 10.2. The van der Waals surface area contributed by atoms with Gasteiger partial charge >= 0.3 is 0 Å². The second kappa shape index (κ2) is 20.7. The standard InChI is InChI=1S/C45H36N3S2.C18H24NSi.Ir/c1-26(2)34-23-32(29-11-7-6-8-12-29)24-35(27(3)4)43(34)48-40-14-10-9-13-39(40)47-44(48)38-25-49-41-19-16-30(22-37(38)41)31-17-20-42-36(21-31)33-18-15-28(5)46-45(33)50-42;1-14(2)11-16-12-17(15-9-7-6-8-10-15)19-13-18(16)20(3,4)5;/h6-24,26-27H,1-5H3;6-9,12-14H,11H2,1-5H3;/q2*-1;. The molecule has 359 valence electrons. The van der Waals surface area contributed by atoms with E-state index in [0.29, 0.717) is 17.8 Å². The van der Waals surface area contributed by atoms with Crippen LogP contribution in [0.3, 0.4) is 0 Å². The molecule has 5 aromatic heterocycles. The molecule has 0 saturated carbocycles. The smallest absolute Gasteiger partial charge is 0.124 e. The molecule has 0 fully saturated rings. The van der Waals surface area contributed by atoms with Gasteiger partial charge in [-0.05, 0) is 124 Å². The number of thiophene rings is 2. The van der Waals surface area contributed by atoms with Crippen molar-refractivity contribution in [3.8, 4) is 50.6 Å². The second-order valence-corrected chi connectivity index (χ2v) is 27.6. The predicted octanol–water partition coefficient (Wildman–Crippen LogP) is 17.6. The first kappa shape index (κ1) is 50.1. The van der Waals surface area contributed by atoms with Crippen LogP contribution in [0.15, 0.2) is 152 Å². The predicted molar refractivity (Wildman–Crippen MR) is 305 cm³/mol. The van der Waals surface area contributed by atoms with Gasteiger partial charge in [-0.25, -0.2) is 4.98 Å². The Bertz CT molecular complexity index is 3640. The molecule has 0 amide bonds. The van der Waals surface area contributed by atoms with E-state index in [1.54, 1.807) is 22.7 Å². The van der Waals surface area contributed by atoms with Crippen LogP contribution in [0.5, 0.6) is 0 Å². The fraction of sp³-hybridized carbons (Fsp3) is 0.222. The largest absolute Gasteiger partial charge is 0.333 e. The summed E-state index contributed by atoms with van der Waals surface area (Å²) in [6, 6.07) is 55.7. The second-order valence-electron chi connectivity index (χ2n) is 20.7. The van der Waals surface area contributed by atoms with E-state index in [-0.39, 0.29) is 20.1 Å². The summed E-state index contributed by atoms with van der Waals surface area (Å²) >= 11 is 3.43. The van der Waals surface area contributed by atoms with Crippen molar-refractivity contribution >= 4 is 77.4 Å². The van der Waals surface area contributed by atoms with Crippen molar-refractivity contribution in [2.24, 2.45) is 5.92 Å². The maximum Gasteiger partial charge on any atom is 0.124 e. The molecule has 4 nitrogen and oxygen atoms in total. The van der Waals surface area contributed by atoms with E-state index in [4.69, 9.17) is 9.97 Å². The Labute approximate surface area is 442 Å². The average Bonchev–Trinajstić information content (AvgIpc) is 4.06. The van der Waals surface area contributed by atoms with E-state index in [1.807, 2.05) is 18.2 Å². The molecule has 0 unspecified atom stereocenters. The van der Waals surface area contributed by atoms with Crippen LogP contribution >= 0.6 is 22.7 Å². The molecule has 11 rings (SSSR count). The van der Waals surface area contributed by atoms with E-state index in [9.17, 15) is 0 Å². The van der Waals surface area contributed by atoms with Crippen LogP contribution in [0, 0.1) is 24.3 Å². The summed E-state index contributed by atoms with van der Waals surface area (Å²) in [5.41, 5.74) is 16.6. The molecular formula is C63H60IrN4S2Si-2. The number of hydrogen-bond donors (Lipinski definition) is 0. The van der Waals surface area contributed by atoms with Gasteiger partial charge in [-0.3, -0.25) is 16.3 Å². The molecule has 0 bridgehead atoms. The number of imidazole rings is 1. The summed E-state index contributed by atoms with van der Waals surface area (Å²) in [6.07, 6.45) is 3.24. The van der Waals surface area contributed by atoms with Crippen LogP contribution in [0.4, 0.5) is 0 Å². The van der Waals surface area contributed by atoms with Crippen LogP contribution in [0.2, 0.25) is 19.6 Å². The SMILES string of the molecule is CC(C)Cc1cc(-c2[c-]cccc2)ncc1[Si](C)(C)C.Cc1ccc2c(n1)sc1ccc(-c3ccc4s[c-]c(-c5nc6ccccc6n5-c5c(C(C)C)cc(-c6ccccc6)cc5C(C)C)c4c3)cc12.[Ir]. The third-order valence-electron chi connectivity index (χ3n) is 13.3. The number of nitrogens with zero attached hydrogens (tertiary/aromatic N) is 4. The van der Waals surface area contributed by atoms with Crippen molar-refractivity contribution in [1.82, 2.24) is 19.5 Å². The molecule has 0 N–H and O–H groups in total. The molecule has 0 aliphatic rings. The Balaban J connectivity index is 0.000000251. The first-order valence-electron chi connectivity index (χ1n) is 24.6. The quantitative estimate of drug-likeness (QED) is 0.101. The molecule has 1 radical (unpaired) electrons. The third-order valence-corrected chi connectivity index (χ3v) is 17.3. The zero-order valence-corrected chi connectivity index (χ0v) is 47.3. The Morgan fingerprint density at radius 2 is 1.31 bits per heavy atom. The molecule has 71 heavy (non-hydrogen) atoms. The fourth-order valence-corrected chi connectivity index (χ4v) is 13.3. The Morgan fingerprint density at radius 1 is 0.634 bits per heavy atom. The number of para-hydroxylation sites is 2. The topological polar surface area (TPSA) is 43.6 Å². The van der Waals surface area contributed by atoms with Gasteiger partial charge in [0.1, 0.15) is 4.83 Å². The van der Waals surface area contributed by atoms with Crippen LogP contribution in [-0.2, 0) is 26.5 Å². The number of aryl methyl sites for hydroxylation is 1.